The van der Waals surface area contributed by atoms with Gasteiger partial charge >= 0.3 is 0 Å². The number of piperazine rings is 1. The van der Waals surface area contributed by atoms with Gasteiger partial charge in [-0.2, -0.15) is 0 Å². The second-order valence-electron chi connectivity index (χ2n) is 7.41. The Morgan fingerprint density at radius 3 is 2.83 bits per heavy atom. The first-order chi connectivity index (χ1) is 14.0. The molecule has 3 aromatic rings. The smallest absolute Gasteiger partial charge is 0.258 e. The normalized spacial score (nSPS) is 15.2. The number of fused-ring (bicyclic) bond motifs is 1. The summed E-state index contributed by atoms with van der Waals surface area (Å²) in [6.07, 6.45) is 3.43. The zero-order valence-corrected chi connectivity index (χ0v) is 17.4. The lowest BCUT2D eigenvalue weighted by molar-refractivity contribution is 0.0627. The summed E-state index contributed by atoms with van der Waals surface area (Å²) >= 11 is 1.45. The largest absolute Gasteiger partial charge is 0.367 e. The van der Waals surface area contributed by atoms with E-state index in [9.17, 15) is 9.59 Å². The molecule has 3 aromatic heterocycles. The van der Waals surface area contributed by atoms with E-state index >= 15 is 0 Å². The molecule has 1 N–H and O–H groups in total. The third-order valence-corrected chi connectivity index (χ3v) is 5.62. The van der Waals surface area contributed by atoms with Gasteiger partial charge in [-0.3, -0.25) is 18.9 Å². The van der Waals surface area contributed by atoms with Crippen molar-refractivity contribution in [1.82, 2.24) is 24.2 Å². The first-order valence-electron chi connectivity index (χ1n) is 9.70. The van der Waals surface area contributed by atoms with E-state index in [2.05, 4.69) is 20.2 Å². The number of carbonyl (C=O) groups is 1. The molecule has 4 heterocycles. The molecule has 1 aliphatic heterocycles. The molecule has 0 spiro atoms. The number of nitrogens with one attached hydrogen (secondary N) is 1. The van der Waals surface area contributed by atoms with Crippen LogP contribution in [0.4, 0.5) is 5.82 Å². The molecule has 1 amide bonds. The molecule has 1 saturated heterocycles. The zero-order valence-electron chi connectivity index (χ0n) is 16.5. The molecule has 0 bridgehead atoms. The minimum atomic E-state index is -0.0539. The number of hydrogen-bond donors (Lipinski definition) is 1. The number of anilines is 1. The van der Waals surface area contributed by atoms with Gasteiger partial charge in [-0.15, -0.1) is 11.3 Å². The van der Waals surface area contributed by atoms with E-state index in [1.54, 1.807) is 28.9 Å². The summed E-state index contributed by atoms with van der Waals surface area (Å²) in [6, 6.07) is 5.40. The Morgan fingerprint density at radius 2 is 2.07 bits per heavy atom. The predicted molar refractivity (Wildman–Crippen MR) is 114 cm³/mol. The number of aromatic nitrogens is 3. The van der Waals surface area contributed by atoms with Crippen LogP contribution in [0.25, 0.3) is 4.96 Å². The first kappa shape index (κ1) is 19.5. The first-order valence-corrected chi connectivity index (χ1v) is 10.6. The Kier molecular flexibility index (Phi) is 5.59. The summed E-state index contributed by atoms with van der Waals surface area (Å²) in [5.41, 5.74) is 1.32. The fourth-order valence-corrected chi connectivity index (χ4v) is 4.18. The maximum absolute atomic E-state index is 13.0. The summed E-state index contributed by atoms with van der Waals surface area (Å²) in [5.74, 6) is 0.626. The highest BCUT2D eigenvalue weighted by molar-refractivity contribution is 7.15. The van der Waals surface area contributed by atoms with Crippen LogP contribution in [-0.4, -0.2) is 62.3 Å². The summed E-state index contributed by atoms with van der Waals surface area (Å²) < 4.78 is 1.56. The molecular weight excluding hydrogens is 388 g/mol. The van der Waals surface area contributed by atoms with Crippen LogP contribution in [0.1, 0.15) is 29.9 Å². The van der Waals surface area contributed by atoms with Crippen LogP contribution in [-0.2, 0) is 6.54 Å². The molecule has 1 aliphatic rings. The van der Waals surface area contributed by atoms with Gasteiger partial charge in [0, 0.05) is 62.6 Å². The molecule has 9 heteroatoms. The number of nitrogens with zero attached hydrogens (tertiary/aromatic N) is 5. The van der Waals surface area contributed by atoms with Gasteiger partial charge < -0.3 is 10.2 Å². The highest BCUT2D eigenvalue weighted by Gasteiger charge is 2.24. The Balaban J connectivity index is 1.40. The predicted octanol–water partition coefficient (Wildman–Crippen LogP) is 1.93. The number of hydrogen-bond acceptors (Lipinski definition) is 7. The lowest BCUT2D eigenvalue weighted by atomic mass is 10.2. The van der Waals surface area contributed by atoms with Gasteiger partial charge in [-0.1, -0.05) is 0 Å². The van der Waals surface area contributed by atoms with E-state index in [1.807, 2.05) is 30.2 Å². The third kappa shape index (κ3) is 4.30. The number of carbonyl (C=O) groups excluding carboxylic acids is 1. The van der Waals surface area contributed by atoms with Gasteiger partial charge in [-0.25, -0.2) is 9.97 Å². The maximum Gasteiger partial charge on any atom is 0.258 e. The van der Waals surface area contributed by atoms with Crippen LogP contribution in [0.2, 0.25) is 0 Å². The van der Waals surface area contributed by atoms with Gasteiger partial charge in [-0.05, 0) is 26.0 Å². The highest BCUT2D eigenvalue weighted by atomic mass is 32.1. The van der Waals surface area contributed by atoms with Gasteiger partial charge in [0.25, 0.3) is 11.5 Å². The van der Waals surface area contributed by atoms with E-state index < -0.39 is 0 Å². The van der Waals surface area contributed by atoms with E-state index in [4.69, 9.17) is 0 Å². The average Bonchev–Trinajstić information content (AvgIpc) is 3.17. The van der Waals surface area contributed by atoms with Crippen LogP contribution >= 0.6 is 11.3 Å². The Labute approximate surface area is 172 Å². The maximum atomic E-state index is 13.0. The summed E-state index contributed by atoms with van der Waals surface area (Å²) in [4.78, 5) is 38.9. The standard InChI is InChI=1S/C20H24N6O2S/c1-14(2)22-18-16(4-3-5-21-18)19(28)25-8-6-24(7-9-25)13-15-12-17(27)26-10-11-29-20(26)23-15/h3-5,10-12,14H,6-9,13H2,1-2H3,(H,21,22). The van der Waals surface area contributed by atoms with Gasteiger partial charge in [0.2, 0.25) is 0 Å². The van der Waals surface area contributed by atoms with Crippen molar-refractivity contribution in [3.63, 3.8) is 0 Å². The van der Waals surface area contributed by atoms with Crippen molar-refractivity contribution in [3.05, 3.63) is 57.6 Å². The number of thiazole rings is 1. The summed E-state index contributed by atoms with van der Waals surface area (Å²) in [6.45, 7) is 7.40. The molecule has 0 unspecified atom stereocenters. The molecule has 0 saturated carbocycles. The SMILES string of the molecule is CC(C)Nc1ncccc1C(=O)N1CCN(Cc2cc(=O)n3ccsc3n2)CC1. The molecule has 29 heavy (non-hydrogen) atoms. The van der Waals surface area contributed by atoms with E-state index in [-0.39, 0.29) is 17.5 Å². The Bertz CT molecular complexity index is 1070. The van der Waals surface area contributed by atoms with Gasteiger partial charge in [0.1, 0.15) is 5.82 Å². The van der Waals surface area contributed by atoms with E-state index in [1.165, 1.54) is 11.3 Å². The van der Waals surface area contributed by atoms with Crippen LogP contribution in [0.3, 0.4) is 0 Å². The summed E-state index contributed by atoms with van der Waals surface area (Å²) in [7, 11) is 0. The van der Waals surface area contributed by atoms with Crippen molar-refractivity contribution in [2.45, 2.75) is 26.4 Å². The van der Waals surface area contributed by atoms with Crippen LogP contribution in [0, 0.1) is 0 Å². The highest BCUT2D eigenvalue weighted by Crippen LogP contribution is 2.17. The molecule has 4 rings (SSSR count). The second kappa shape index (κ2) is 8.30. The van der Waals surface area contributed by atoms with Gasteiger partial charge in [0.05, 0.1) is 11.3 Å². The quantitative estimate of drug-likeness (QED) is 0.690. The average molecular weight is 413 g/mol. The molecular formula is C20H24N6O2S. The molecule has 0 aromatic carbocycles. The van der Waals surface area contributed by atoms with Crippen molar-refractivity contribution < 1.29 is 4.79 Å². The van der Waals surface area contributed by atoms with Crippen molar-refractivity contribution in [3.8, 4) is 0 Å². The van der Waals surface area contributed by atoms with Crippen molar-refractivity contribution in [2.24, 2.45) is 0 Å². The van der Waals surface area contributed by atoms with Crippen molar-refractivity contribution in [1.29, 1.82) is 0 Å². The Morgan fingerprint density at radius 1 is 1.28 bits per heavy atom. The second-order valence-corrected chi connectivity index (χ2v) is 8.28. The van der Waals surface area contributed by atoms with E-state index in [0.29, 0.717) is 36.0 Å². The van der Waals surface area contributed by atoms with Crippen LogP contribution in [0.5, 0.6) is 0 Å². The lowest BCUT2D eigenvalue weighted by Gasteiger charge is -2.34. The molecule has 1 fully saturated rings. The molecule has 0 atom stereocenters. The summed E-state index contributed by atoms with van der Waals surface area (Å²) in [5, 5.41) is 5.10. The van der Waals surface area contributed by atoms with Crippen LogP contribution in [0.15, 0.2) is 40.8 Å². The van der Waals surface area contributed by atoms with Crippen molar-refractivity contribution >= 4 is 28.0 Å². The fraction of sp³-hybridized carbons (Fsp3) is 0.400. The third-order valence-electron chi connectivity index (χ3n) is 4.86. The van der Waals surface area contributed by atoms with Gasteiger partial charge in [0.15, 0.2) is 4.96 Å². The number of rotatable bonds is 5. The monoisotopic (exact) mass is 412 g/mol. The molecule has 8 nitrogen and oxygen atoms in total. The molecule has 152 valence electrons. The Hall–Kier alpha value is -2.78. The molecule has 0 radical (unpaired) electrons. The minimum Gasteiger partial charge on any atom is -0.367 e. The number of amides is 1. The molecule has 0 aliphatic carbocycles. The topological polar surface area (TPSA) is 82.8 Å². The van der Waals surface area contributed by atoms with E-state index in [0.717, 1.165) is 18.8 Å². The van der Waals surface area contributed by atoms with Crippen molar-refractivity contribution in [2.75, 3.05) is 31.5 Å². The fourth-order valence-electron chi connectivity index (χ4n) is 3.44. The zero-order chi connectivity index (χ0) is 20.4. The van der Waals surface area contributed by atoms with Crippen LogP contribution < -0.4 is 10.9 Å². The minimum absolute atomic E-state index is 0.00252. The lowest BCUT2D eigenvalue weighted by Crippen LogP contribution is -2.48. The number of pyridine rings is 1.